The van der Waals surface area contributed by atoms with Crippen LogP contribution in [0.1, 0.15) is 67.3 Å². The Balaban J connectivity index is 1.43. The summed E-state index contributed by atoms with van der Waals surface area (Å²) in [6.07, 6.45) is 9.82. The number of hydrogen-bond acceptors (Lipinski definition) is 4. The molecular formula is C18H24N6O. The van der Waals surface area contributed by atoms with Crippen molar-refractivity contribution < 1.29 is 4.79 Å². The van der Waals surface area contributed by atoms with Crippen LogP contribution in [-0.2, 0) is 6.54 Å². The van der Waals surface area contributed by atoms with Crippen LogP contribution in [0, 0.1) is 5.41 Å². The fraction of sp³-hybridized carbons (Fsp3) is 0.667. The third kappa shape index (κ3) is 2.32. The minimum absolute atomic E-state index is 0.0541. The standard InChI is InChI=1S/C18H24N6O/c1-2-23-9-6-15(21-23)17(25)22-10-14(18(11-22)7-3-8-18)16-20-19-12-24(16)13-4-5-13/h6,9,12-14H,2-5,7-8,10-11H2,1H3. The van der Waals surface area contributed by atoms with Gasteiger partial charge in [0.05, 0.1) is 0 Å². The van der Waals surface area contributed by atoms with Gasteiger partial charge >= 0.3 is 0 Å². The molecule has 1 saturated heterocycles. The highest BCUT2D eigenvalue weighted by Gasteiger charge is 2.54. The van der Waals surface area contributed by atoms with Gasteiger partial charge in [0, 0.05) is 37.8 Å². The van der Waals surface area contributed by atoms with Crippen molar-refractivity contribution in [1.29, 1.82) is 0 Å². The third-order valence-electron chi connectivity index (χ3n) is 6.32. The molecule has 7 heteroatoms. The monoisotopic (exact) mass is 340 g/mol. The van der Waals surface area contributed by atoms with E-state index in [0.717, 1.165) is 25.5 Å². The number of aryl methyl sites for hydroxylation is 1. The van der Waals surface area contributed by atoms with Gasteiger partial charge in [-0.2, -0.15) is 5.10 Å². The van der Waals surface area contributed by atoms with Gasteiger partial charge in [0.25, 0.3) is 5.91 Å². The van der Waals surface area contributed by atoms with E-state index in [0.29, 0.717) is 17.7 Å². The minimum Gasteiger partial charge on any atom is -0.336 e. The van der Waals surface area contributed by atoms with Gasteiger partial charge in [-0.25, -0.2) is 0 Å². The molecule has 3 heterocycles. The molecular weight excluding hydrogens is 316 g/mol. The Hall–Kier alpha value is -2.18. The highest BCUT2D eigenvalue weighted by molar-refractivity contribution is 5.92. The number of rotatable bonds is 4. The maximum absolute atomic E-state index is 13.0. The molecule has 0 radical (unpaired) electrons. The molecule has 1 aliphatic heterocycles. The van der Waals surface area contributed by atoms with Crippen LogP contribution in [0.5, 0.6) is 0 Å². The normalized spacial score (nSPS) is 24.7. The summed E-state index contributed by atoms with van der Waals surface area (Å²) in [4.78, 5) is 15.0. The molecule has 1 spiro atoms. The summed E-state index contributed by atoms with van der Waals surface area (Å²) in [5.41, 5.74) is 0.753. The van der Waals surface area contributed by atoms with Crippen molar-refractivity contribution in [1.82, 2.24) is 29.4 Å². The van der Waals surface area contributed by atoms with Gasteiger partial charge in [0.2, 0.25) is 0 Å². The second-order valence-electron chi connectivity index (χ2n) is 7.84. The quantitative estimate of drug-likeness (QED) is 0.856. The number of amides is 1. The summed E-state index contributed by atoms with van der Waals surface area (Å²) in [5.74, 6) is 1.46. The summed E-state index contributed by atoms with van der Waals surface area (Å²) in [5, 5.41) is 13.1. The van der Waals surface area contributed by atoms with Crippen LogP contribution >= 0.6 is 0 Å². The van der Waals surface area contributed by atoms with Crippen LogP contribution < -0.4 is 0 Å². The number of hydrogen-bond donors (Lipinski definition) is 0. The van der Waals surface area contributed by atoms with Crippen molar-refractivity contribution in [2.75, 3.05) is 13.1 Å². The second-order valence-corrected chi connectivity index (χ2v) is 7.84. The first kappa shape index (κ1) is 15.1. The van der Waals surface area contributed by atoms with Crippen LogP contribution in [0.3, 0.4) is 0 Å². The lowest BCUT2D eigenvalue weighted by Crippen LogP contribution is -2.38. The molecule has 2 aromatic rings. The van der Waals surface area contributed by atoms with Gasteiger partial charge in [0.1, 0.15) is 17.8 Å². The zero-order valence-electron chi connectivity index (χ0n) is 14.6. The number of carbonyl (C=O) groups excluding carboxylic acids is 1. The largest absolute Gasteiger partial charge is 0.336 e. The molecule has 1 atom stereocenters. The smallest absolute Gasteiger partial charge is 0.274 e. The molecule has 3 fully saturated rings. The highest BCUT2D eigenvalue weighted by atomic mass is 16.2. The topological polar surface area (TPSA) is 68.8 Å². The van der Waals surface area contributed by atoms with Gasteiger partial charge in [-0.15, -0.1) is 10.2 Å². The van der Waals surface area contributed by atoms with E-state index < -0.39 is 0 Å². The zero-order chi connectivity index (χ0) is 17.0. The molecule has 2 aromatic heterocycles. The van der Waals surface area contributed by atoms with Gasteiger partial charge in [0.15, 0.2) is 0 Å². The first-order valence-electron chi connectivity index (χ1n) is 9.42. The zero-order valence-corrected chi connectivity index (χ0v) is 14.6. The second kappa shape index (κ2) is 5.41. The lowest BCUT2D eigenvalue weighted by atomic mass is 9.62. The van der Waals surface area contributed by atoms with E-state index in [1.807, 2.05) is 35.1 Å². The number of nitrogens with zero attached hydrogens (tertiary/aromatic N) is 6. The molecule has 2 aliphatic carbocycles. The molecule has 3 aliphatic rings. The number of carbonyl (C=O) groups is 1. The van der Waals surface area contributed by atoms with Crippen molar-refractivity contribution in [2.45, 2.75) is 57.5 Å². The molecule has 5 rings (SSSR count). The SMILES string of the molecule is CCn1ccc(C(=O)N2CC(c3nncn3C3CC3)C3(CCC3)C2)n1. The molecule has 0 aromatic carbocycles. The van der Waals surface area contributed by atoms with Crippen LogP contribution in [0.15, 0.2) is 18.6 Å². The van der Waals surface area contributed by atoms with Gasteiger partial charge < -0.3 is 9.47 Å². The molecule has 1 amide bonds. The number of likely N-dealkylation sites (tertiary alicyclic amines) is 1. The van der Waals surface area contributed by atoms with Gasteiger partial charge in [-0.1, -0.05) is 6.42 Å². The molecule has 1 unspecified atom stereocenters. The first-order valence-corrected chi connectivity index (χ1v) is 9.42. The average molecular weight is 340 g/mol. The maximum atomic E-state index is 13.0. The Morgan fingerprint density at radius 1 is 1.36 bits per heavy atom. The van der Waals surface area contributed by atoms with Crippen molar-refractivity contribution >= 4 is 5.91 Å². The number of aromatic nitrogens is 5. The van der Waals surface area contributed by atoms with Crippen LogP contribution in [0.2, 0.25) is 0 Å². The maximum Gasteiger partial charge on any atom is 0.274 e. The first-order chi connectivity index (χ1) is 12.2. The van der Waals surface area contributed by atoms with E-state index in [1.165, 1.54) is 32.1 Å². The van der Waals surface area contributed by atoms with Crippen molar-refractivity contribution in [3.05, 3.63) is 30.1 Å². The third-order valence-corrected chi connectivity index (χ3v) is 6.32. The van der Waals surface area contributed by atoms with Crippen molar-refractivity contribution in [3.8, 4) is 0 Å². The Morgan fingerprint density at radius 2 is 2.20 bits per heavy atom. The predicted octanol–water partition coefficient (Wildman–Crippen LogP) is 2.24. The van der Waals surface area contributed by atoms with E-state index in [-0.39, 0.29) is 11.3 Å². The fourth-order valence-electron chi connectivity index (χ4n) is 4.57. The molecule has 2 saturated carbocycles. The summed E-state index contributed by atoms with van der Waals surface area (Å²) in [6.45, 7) is 4.38. The van der Waals surface area contributed by atoms with Crippen molar-refractivity contribution in [2.24, 2.45) is 5.41 Å². The van der Waals surface area contributed by atoms with E-state index in [1.54, 1.807) is 0 Å². The summed E-state index contributed by atoms with van der Waals surface area (Å²) >= 11 is 0. The summed E-state index contributed by atoms with van der Waals surface area (Å²) < 4.78 is 4.08. The van der Waals surface area contributed by atoms with E-state index >= 15 is 0 Å². The van der Waals surface area contributed by atoms with E-state index in [9.17, 15) is 4.79 Å². The lowest BCUT2D eigenvalue weighted by molar-refractivity contribution is 0.0717. The molecule has 0 N–H and O–H groups in total. The lowest BCUT2D eigenvalue weighted by Gasteiger charge is -2.42. The van der Waals surface area contributed by atoms with Crippen LogP contribution in [0.4, 0.5) is 0 Å². The van der Waals surface area contributed by atoms with Crippen LogP contribution in [-0.4, -0.2) is 48.4 Å². The Labute approximate surface area is 147 Å². The van der Waals surface area contributed by atoms with Gasteiger partial charge in [-0.3, -0.25) is 9.48 Å². The van der Waals surface area contributed by atoms with Gasteiger partial charge in [-0.05, 0) is 44.1 Å². The van der Waals surface area contributed by atoms with E-state index in [2.05, 4.69) is 19.9 Å². The molecule has 25 heavy (non-hydrogen) atoms. The fourth-order valence-corrected chi connectivity index (χ4v) is 4.57. The Bertz CT molecular complexity index is 800. The molecule has 0 bridgehead atoms. The molecule has 132 valence electrons. The predicted molar refractivity (Wildman–Crippen MR) is 91.1 cm³/mol. The van der Waals surface area contributed by atoms with Crippen LogP contribution in [0.25, 0.3) is 0 Å². The summed E-state index contributed by atoms with van der Waals surface area (Å²) in [6, 6.07) is 2.41. The highest BCUT2D eigenvalue weighted by Crippen LogP contribution is 2.56. The Morgan fingerprint density at radius 3 is 2.84 bits per heavy atom. The average Bonchev–Trinajstić information content (AvgIpc) is 3.06. The minimum atomic E-state index is 0.0541. The van der Waals surface area contributed by atoms with Crippen molar-refractivity contribution in [3.63, 3.8) is 0 Å². The molecule has 7 nitrogen and oxygen atoms in total. The van der Waals surface area contributed by atoms with E-state index in [4.69, 9.17) is 0 Å². The summed E-state index contributed by atoms with van der Waals surface area (Å²) in [7, 11) is 0. The Kier molecular flexibility index (Phi) is 3.27.